The minimum Gasteiger partial charge on any atom is -0.360 e. The van der Waals surface area contributed by atoms with Crippen molar-refractivity contribution in [1.82, 2.24) is 25.0 Å². The first-order valence-corrected chi connectivity index (χ1v) is 11.1. The summed E-state index contributed by atoms with van der Waals surface area (Å²) in [5.41, 5.74) is 0.953. The molecule has 1 amide bonds. The van der Waals surface area contributed by atoms with Crippen LogP contribution >= 0.6 is 0 Å². The van der Waals surface area contributed by atoms with Gasteiger partial charge in [-0.2, -0.15) is 0 Å². The van der Waals surface area contributed by atoms with Crippen LogP contribution in [-0.4, -0.2) is 51.6 Å². The van der Waals surface area contributed by atoms with Crippen molar-refractivity contribution < 1.29 is 17.7 Å². The van der Waals surface area contributed by atoms with E-state index >= 15 is 0 Å². The normalized spacial score (nSPS) is 20.8. The van der Waals surface area contributed by atoms with Crippen molar-refractivity contribution in [3.8, 4) is 11.4 Å². The van der Waals surface area contributed by atoms with Crippen LogP contribution in [0.4, 0.5) is 0 Å². The van der Waals surface area contributed by atoms with Crippen LogP contribution in [0, 0.1) is 0 Å². The van der Waals surface area contributed by atoms with Gasteiger partial charge in [-0.15, -0.1) is 0 Å². The molecule has 1 saturated heterocycles. The van der Waals surface area contributed by atoms with Crippen LogP contribution < -0.4 is 5.32 Å². The SMILES string of the molecule is CC(C)c1cc(C(=O)N[C@@H]2CS(=O)(=O)C[C@H]2n2ccnc2-c2ccncc2)no1. The zero-order chi connectivity index (χ0) is 20.6. The molecule has 1 N–H and O–H groups in total. The molecule has 0 unspecified atom stereocenters. The number of pyridine rings is 1. The van der Waals surface area contributed by atoms with E-state index in [1.807, 2.05) is 13.8 Å². The van der Waals surface area contributed by atoms with E-state index in [-0.39, 0.29) is 23.1 Å². The average Bonchev–Trinajstić information content (AvgIpc) is 3.40. The molecule has 0 saturated carbocycles. The van der Waals surface area contributed by atoms with Crippen molar-refractivity contribution in [2.24, 2.45) is 0 Å². The Kier molecular flexibility index (Phi) is 4.95. The number of rotatable bonds is 5. The summed E-state index contributed by atoms with van der Waals surface area (Å²) in [6, 6.07) is 4.10. The van der Waals surface area contributed by atoms with Gasteiger partial charge in [-0.3, -0.25) is 9.78 Å². The number of nitrogens with zero attached hydrogens (tertiary/aromatic N) is 4. The monoisotopic (exact) mass is 415 g/mol. The van der Waals surface area contributed by atoms with Gasteiger partial charge >= 0.3 is 0 Å². The van der Waals surface area contributed by atoms with Crippen molar-refractivity contribution >= 4 is 15.7 Å². The Morgan fingerprint density at radius 3 is 2.69 bits per heavy atom. The predicted molar refractivity (Wildman–Crippen MR) is 105 cm³/mol. The molecule has 29 heavy (non-hydrogen) atoms. The first-order valence-electron chi connectivity index (χ1n) is 9.25. The molecule has 9 nitrogen and oxygen atoms in total. The summed E-state index contributed by atoms with van der Waals surface area (Å²) >= 11 is 0. The second-order valence-corrected chi connectivity index (χ2v) is 9.54. The van der Waals surface area contributed by atoms with Gasteiger partial charge in [-0.1, -0.05) is 19.0 Å². The van der Waals surface area contributed by atoms with E-state index in [1.54, 1.807) is 47.6 Å². The van der Waals surface area contributed by atoms with E-state index in [4.69, 9.17) is 4.52 Å². The Hall–Kier alpha value is -3.01. The third-order valence-corrected chi connectivity index (χ3v) is 6.65. The topological polar surface area (TPSA) is 120 Å². The van der Waals surface area contributed by atoms with Crippen molar-refractivity contribution in [3.05, 3.63) is 54.4 Å². The molecule has 3 aromatic heterocycles. The summed E-state index contributed by atoms with van der Waals surface area (Å²) in [5.74, 6) is 0.628. The van der Waals surface area contributed by atoms with E-state index in [9.17, 15) is 13.2 Å². The van der Waals surface area contributed by atoms with Crippen LogP contribution in [0.5, 0.6) is 0 Å². The first-order chi connectivity index (χ1) is 13.8. The lowest BCUT2D eigenvalue weighted by atomic mass is 10.1. The van der Waals surface area contributed by atoms with E-state index in [1.165, 1.54) is 0 Å². The van der Waals surface area contributed by atoms with Gasteiger partial charge in [0.25, 0.3) is 5.91 Å². The Morgan fingerprint density at radius 1 is 1.24 bits per heavy atom. The lowest BCUT2D eigenvalue weighted by Gasteiger charge is -2.22. The maximum absolute atomic E-state index is 12.7. The quantitative estimate of drug-likeness (QED) is 0.675. The molecule has 3 aromatic rings. The third-order valence-electron chi connectivity index (χ3n) is 4.93. The molecule has 0 aromatic carbocycles. The molecule has 1 aliphatic rings. The maximum Gasteiger partial charge on any atom is 0.273 e. The van der Waals surface area contributed by atoms with Gasteiger partial charge in [-0.25, -0.2) is 13.4 Å². The van der Waals surface area contributed by atoms with Crippen LogP contribution in [0.25, 0.3) is 11.4 Å². The lowest BCUT2D eigenvalue weighted by Crippen LogP contribution is -2.41. The number of aromatic nitrogens is 4. The van der Waals surface area contributed by atoms with E-state index in [2.05, 4.69) is 20.4 Å². The zero-order valence-electron chi connectivity index (χ0n) is 16.0. The van der Waals surface area contributed by atoms with Crippen LogP contribution in [-0.2, 0) is 9.84 Å². The number of amides is 1. The van der Waals surface area contributed by atoms with Gasteiger partial charge in [-0.05, 0) is 12.1 Å². The third kappa shape index (κ3) is 3.93. The molecular formula is C19H21N5O4S. The molecule has 10 heteroatoms. The highest BCUT2D eigenvalue weighted by molar-refractivity contribution is 7.91. The number of hydrogen-bond donors (Lipinski definition) is 1. The van der Waals surface area contributed by atoms with Crippen molar-refractivity contribution in [3.63, 3.8) is 0 Å². The maximum atomic E-state index is 12.7. The smallest absolute Gasteiger partial charge is 0.273 e. The largest absolute Gasteiger partial charge is 0.360 e. The van der Waals surface area contributed by atoms with Crippen LogP contribution in [0.3, 0.4) is 0 Å². The van der Waals surface area contributed by atoms with E-state index in [0.29, 0.717) is 11.6 Å². The van der Waals surface area contributed by atoms with E-state index < -0.39 is 27.8 Å². The van der Waals surface area contributed by atoms with Gasteiger partial charge in [0.15, 0.2) is 15.5 Å². The van der Waals surface area contributed by atoms with Crippen molar-refractivity contribution in [2.75, 3.05) is 11.5 Å². The highest BCUT2D eigenvalue weighted by atomic mass is 32.2. The predicted octanol–water partition coefficient (Wildman–Crippen LogP) is 1.82. The fourth-order valence-electron chi connectivity index (χ4n) is 3.46. The standard InChI is InChI=1S/C19H21N5O4S/c1-12(2)17-9-14(23-28-17)19(25)22-15-10-29(26,27)11-16(15)24-8-7-21-18(24)13-3-5-20-6-4-13/h3-9,12,15-16H,10-11H2,1-2H3,(H,22,25)/t15-,16-/m1/s1. The van der Waals surface area contributed by atoms with Crippen LogP contribution in [0.2, 0.25) is 0 Å². The summed E-state index contributed by atoms with van der Waals surface area (Å²) in [6.07, 6.45) is 6.64. The summed E-state index contributed by atoms with van der Waals surface area (Å²) in [4.78, 5) is 21.0. The Morgan fingerprint density at radius 2 is 2.00 bits per heavy atom. The number of carbonyl (C=O) groups is 1. The van der Waals surface area contributed by atoms with Crippen LogP contribution in [0.1, 0.15) is 42.1 Å². The second-order valence-electron chi connectivity index (χ2n) is 7.39. The molecule has 1 aliphatic heterocycles. The molecule has 0 radical (unpaired) electrons. The molecule has 0 aliphatic carbocycles. The Labute approximate surface area is 168 Å². The molecular weight excluding hydrogens is 394 g/mol. The van der Waals surface area contributed by atoms with Crippen molar-refractivity contribution in [2.45, 2.75) is 31.8 Å². The zero-order valence-corrected chi connectivity index (χ0v) is 16.8. The summed E-state index contributed by atoms with van der Waals surface area (Å²) < 4.78 is 31.7. The number of hydrogen-bond acceptors (Lipinski definition) is 7. The average molecular weight is 415 g/mol. The number of nitrogens with one attached hydrogen (secondary N) is 1. The molecule has 4 heterocycles. The van der Waals surface area contributed by atoms with Gasteiger partial charge in [0.05, 0.1) is 23.6 Å². The van der Waals surface area contributed by atoms with E-state index in [0.717, 1.165) is 5.56 Å². The highest BCUT2D eigenvalue weighted by Crippen LogP contribution is 2.29. The molecule has 0 bridgehead atoms. The number of imidazole rings is 1. The van der Waals surface area contributed by atoms with Gasteiger partial charge in [0.2, 0.25) is 0 Å². The highest BCUT2D eigenvalue weighted by Gasteiger charge is 2.41. The summed E-state index contributed by atoms with van der Waals surface area (Å²) in [6.45, 7) is 3.86. The first kappa shape index (κ1) is 19.3. The lowest BCUT2D eigenvalue weighted by molar-refractivity contribution is 0.0923. The fourth-order valence-corrected chi connectivity index (χ4v) is 5.36. The molecule has 1 fully saturated rings. The number of carbonyl (C=O) groups excluding carboxylic acids is 1. The van der Waals surface area contributed by atoms with Gasteiger partial charge < -0.3 is 14.4 Å². The number of sulfone groups is 1. The molecule has 2 atom stereocenters. The van der Waals surface area contributed by atoms with Crippen molar-refractivity contribution in [1.29, 1.82) is 0 Å². The molecule has 0 spiro atoms. The Bertz CT molecular complexity index is 1120. The van der Waals surface area contributed by atoms with Gasteiger partial charge in [0, 0.05) is 42.3 Å². The molecule has 152 valence electrons. The summed E-state index contributed by atoms with van der Waals surface area (Å²) in [5, 5.41) is 6.62. The minimum absolute atomic E-state index is 0.0809. The second kappa shape index (κ2) is 7.43. The van der Waals surface area contributed by atoms with Gasteiger partial charge in [0.1, 0.15) is 11.6 Å². The minimum atomic E-state index is -3.33. The van der Waals surface area contributed by atoms with Crippen LogP contribution in [0.15, 0.2) is 47.5 Å². The molecule has 4 rings (SSSR count). The Balaban J connectivity index is 1.62. The fraction of sp³-hybridized carbons (Fsp3) is 0.368. The summed E-state index contributed by atoms with van der Waals surface area (Å²) in [7, 11) is -3.33.